The van der Waals surface area contributed by atoms with E-state index in [9.17, 15) is 0 Å². The van der Waals surface area contributed by atoms with Crippen molar-refractivity contribution in [3.63, 3.8) is 0 Å². The van der Waals surface area contributed by atoms with Gasteiger partial charge in [-0.2, -0.15) is 0 Å². The second kappa shape index (κ2) is 22.1. The average Bonchev–Trinajstić information content (AvgIpc) is 1.57. The Labute approximate surface area is 541 Å². The van der Waals surface area contributed by atoms with E-state index in [0.29, 0.717) is 0 Å². The number of hydrogen-bond acceptors (Lipinski definition) is 0. The number of fused-ring (bicyclic) bond motifs is 9. The van der Waals surface area contributed by atoms with E-state index in [1.54, 1.807) is 0 Å². The zero-order valence-electron chi connectivity index (χ0n) is 51.0. The van der Waals surface area contributed by atoms with Crippen LogP contribution in [0.15, 0.2) is 364 Å². The van der Waals surface area contributed by atoms with Crippen LogP contribution in [0.5, 0.6) is 0 Å². The van der Waals surface area contributed by atoms with Crippen LogP contribution >= 0.6 is 0 Å². The van der Waals surface area contributed by atoms with Gasteiger partial charge in [-0.1, -0.05) is 297 Å². The Bertz CT molecular complexity index is 5610. The molecule has 0 saturated heterocycles. The first kappa shape index (κ1) is 53.9. The van der Waals surface area contributed by atoms with Crippen molar-refractivity contribution in [3.8, 4) is 100 Å². The summed E-state index contributed by atoms with van der Waals surface area (Å²) in [5, 5.41) is 4.96. The molecule has 0 saturated carbocycles. The van der Waals surface area contributed by atoms with E-state index >= 15 is 0 Å². The maximum atomic E-state index is 2.43. The lowest BCUT2D eigenvalue weighted by Crippen LogP contribution is -2.28. The number of hydrogen-bond donors (Lipinski definition) is 0. The fourth-order valence-corrected chi connectivity index (χ4v) is 15.2. The molecule has 434 valence electrons. The summed E-state index contributed by atoms with van der Waals surface area (Å²) in [6.07, 6.45) is 0. The molecule has 0 radical (unpaired) electrons. The van der Waals surface area contributed by atoms with Gasteiger partial charge in [0.25, 0.3) is 0 Å². The van der Waals surface area contributed by atoms with Gasteiger partial charge in [0.2, 0.25) is 0 Å². The van der Waals surface area contributed by atoms with Crippen molar-refractivity contribution >= 4 is 43.6 Å². The van der Waals surface area contributed by atoms with Gasteiger partial charge in [0.05, 0.1) is 27.5 Å². The zero-order valence-corrected chi connectivity index (χ0v) is 51.0. The standard InChI is InChI=1S/C91H60N2/c1-3-16-61(17-4-1)63-30-32-66(33-31-63)68-42-50-75(51-43-68)91(85-26-11-7-22-79(85)80-23-8-12-27-86(80)91)76-21-15-20-72(58-76)71-40-38-65(39-41-71)64-34-36-67(37-35-64)70-46-54-78(55-47-70)93-88-29-14-10-25-82(88)84-60-74(49-57-90(84)93)73-48-56-89-83(59-73)81-24-9-13-28-87(81)92(89)77-52-44-69(45-53-77)62-18-5-2-6-19-62/h1-60H. The predicted octanol–water partition coefficient (Wildman–Crippen LogP) is 23.9. The third-order valence-electron chi connectivity index (χ3n) is 19.7. The maximum absolute atomic E-state index is 2.43. The molecule has 0 aliphatic heterocycles. The Hall–Kier alpha value is -12.1. The highest BCUT2D eigenvalue weighted by atomic mass is 15.0. The fraction of sp³-hybridized carbons (Fsp3) is 0.0110. The van der Waals surface area contributed by atoms with E-state index in [4.69, 9.17) is 0 Å². The summed E-state index contributed by atoms with van der Waals surface area (Å²) in [6.45, 7) is 0. The molecule has 0 N–H and O–H groups in total. The number of para-hydroxylation sites is 2. The molecule has 0 bridgehead atoms. The maximum Gasteiger partial charge on any atom is 0.0713 e. The molecule has 15 aromatic carbocycles. The van der Waals surface area contributed by atoms with E-state index in [1.165, 1.54) is 155 Å². The van der Waals surface area contributed by atoms with Crippen molar-refractivity contribution in [2.45, 2.75) is 5.41 Å². The molecule has 0 spiro atoms. The van der Waals surface area contributed by atoms with Crippen molar-refractivity contribution < 1.29 is 0 Å². The molecular weight excluding hydrogens is 1120 g/mol. The van der Waals surface area contributed by atoms with Crippen LogP contribution in [0.1, 0.15) is 22.3 Å². The van der Waals surface area contributed by atoms with Crippen LogP contribution in [0.3, 0.4) is 0 Å². The first-order valence-corrected chi connectivity index (χ1v) is 32.2. The van der Waals surface area contributed by atoms with Gasteiger partial charge in [-0.25, -0.2) is 0 Å². The van der Waals surface area contributed by atoms with Crippen LogP contribution in [0, 0.1) is 0 Å². The van der Waals surface area contributed by atoms with Gasteiger partial charge in [0, 0.05) is 32.9 Å². The molecule has 2 heterocycles. The van der Waals surface area contributed by atoms with Crippen LogP contribution in [0.25, 0.3) is 144 Å². The number of nitrogens with zero attached hydrogens (tertiary/aromatic N) is 2. The van der Waals surface area contributed by atoms with Crippen LogP contribution in [0.2, 0.25) is 0 Å². The summed E-state index contributed by atoms with van der Waals surface area (Å²) in [7, 11) is 0. The van der Waals surface area contributed by atoms with Crippen LogP contribution < -0.4 is 0 Å². The van der Waals surface area contributed by atoms with Crippen LogP contribution in [-0.4, -0.2) is 9.13 Å². The minimum Gasteiger partial charge on any atom is -0.309 e. The highest BCUT2D eigenvalue weighted by Gasteiger charge is 2.46. The van der Waals surface area contributed by atoms with E-state index in [1.807, 2.05) is 0 Å². The highest BCUT2D eigenvalue weighted by molar-refractivity contribution is 6.13. The normalized spacial score (nSPS) is 12.4. The Morgan fingerprint density at radius 3 is 0.882 bits per heavy atom. The summed E-state index contributed by atoms with van der Waals surface area (Å²) in [5.74, 6) is 0. The van der Waals surface area contributed by atoms with E-state index in [0.717, 1.165) is 11.4 Å². The van der Waals surface area contributed by atoms with Crippen molar-refractivity contribution in [2.75, 3.05) is 0 Å². The molecule has 0 fully saturated rings. The summed E-state index contributed by atoms with van der Waals surface area (Å²) in [6, 6.07) is 134. The molecule has 93 heavy (non-hydrogen) atoms. The Morgan fingerprint density at radius 1 is 0.172 bits per heavy atom. The minimum absolute atomic E-state index is 0.515. The van der Waals surface area contributed by atoms with Crippen molar-refractivity contribution in [2.24, 2.45) is 0 Å². The molecule has 2 aromatic heterocycles. The summed E-state index contributed by atoms with van der Waals surface area (Å²) in [5.41, 5.74) is 31.0. The van der Waals surface area contributed by atoms with Crippen LogP contribution in [-0.2, 0) is 5.41 Å². The molecular formula is C91H60N2. The molecule has 0 amide bonds. The average molecular weight is 1180 g/mol. The third-order valence-corrected chi connectivity index (χ3v) is 19.7. The predicted molar refractivity (Wildman–Crippen MR) is 390 cm³/mol. The van der Waals surface area contributed by atoms with Crippen LogP contribution in [0.4, 0.5) is 0 Å². The van der Waals surface area contributed by atoms with Gasteiger partial charge < -0.3 is 9.13 Å². The van der Waals surface area contributed by atoms with Crippen molar-refractivity contribution in [3.05, 3.63) is 386 Å². The SMILES string of the molecule is c1ccc(-c2ccc(-c3ccc(C4(c5cccc(-c6ccc(-c7ccc(-c8ccc(-n9c%10ccccc%10c%10cc(-c%11ccc%12c(c%11)c%11ccccc%11n%12-c%11ccc(-c%12ccccc%12)cc%11)ccc%109)cc8)cc7)cc6)c5)c5ccccc5-c5ccccc54)cc3)cc2)cc1. The second-order valence-electron chi connectivity index (χ2n) is 24.7. The first-order chi connectivity index (χ1) is 46.1. The Balaban J connectivity index is 0.612. The smallest absolute Gasteiger partial charge is 0.0713 e. The largest absolute Gasteiger partial charge is 0.309 e. The molecule has 17 aromatic rings. The quantitative estimate of drug-likeness (QED) is 0.122. The number of rotatable bonds is 11. The number of benzene rings is 15. The van der Waals surface area contributed by atoms with Gasteiger partial charge in [0.15, 0.2) is 0 Å². The minimum atomic E-state index is -0.515. The van der Waals surface area contributed by atoms with Gasteiger partial charge in [-0.05, 0) is 178 Å². The first-order valence-electron chi connectivity index (χ1n) is 32.2. The summed E-state index contributed by atoms with van der Waals surface area (Å²) in [4.78, 5) is 0. The lowest BCUT2D eigenvalue weighted by Gasteiger charge is -2.34. The molecule has 1 aliphatic rings. The van der Waals surface area contributed by atoms with Gasteiger partial charge in [-0.15, -0.1) is 0 Å². The molecule has 2 nitrogen and oxygen atoms in total. The van der Waals surface area contributed by atoms with Gasteiger partial charge >= 0.3 is 0 Å². The zero-order chi connectivity index (χ0) is 61.4. The van der Waals surface area contributed by atoms with Crippen molar-refractivity contribution in [1.82, 2.24) is 9.13 Å². The van der Waals surface area contributed by atoms with E-state index in [2.05, 4.69) is 373 Å². The summed E-state index contributed by atoms with van der Waals surface area (Å²) >= 11 is 0. The van der Waals surface area contributed by atoms with Crippen molar-refractivity contribution in [1.29, 1.82) is 0 Å². The van der Waals surface area contributed by atoms with Gasteiger partial charge in [-0.3, -0.25) is 0 Å². The lowest BCUT2D eigenvalue weighted by molar-refractivity contribution is 0.769. The van der Waals surface area contributed by atoms with Gasteiger partial charge in [0.1, 0.15) is 0 Å². The highest BCUT2D eigenvalue weighted by Crippen LogP contribution is 2.56. The van der Waals surface area contributed by atoms with E-state index < -0.39 is 5.41 Å². The Kier molecular flexibility index (Phi) is 12.8. The Morgan fingerprint density at radius 2 is 0.462 bits per heavy atom. The second-order valence-corrected chi connectivity index (χ2v) is 24.7. The molecule has 18 rings (SSSR count). The summed E-state index contributed by atoms with van der Waals surface area (Å²) < 4.78 is 4.81. The molecule has 0 atom stereocenters. The molecule has 0 unspecified atom stereocenters. The monoisotopic (exact) mass is 1180 g/mol. The topological polar surface area (TPSA) is 9.86 Å². The third kappa shape index (κ3) is 9.02. The van der Waals surface area contributed by atoms with E-state index in [-0.39, 0.29) is 0 Å². The number of aromatic nitrogens is 2. The lowest BCUT2D eigenvalue weighted by atomic mass is 9.67. The molecule has 1 aliphatic carbocycles. The fourth-order valence-electron chi connectivity index (χ4n) is 15.2. The molecule has 2 heteroatoms.